The van der Waals surface area contributed by atoms with Gasteiger partial charge in [0.15, 0.2) is 0 Å². The molecule has 0 aromatic heterocycles. The molecule has 1 N–H and O–H groups in total. The molecule has 3 rings (SSSR count). The van der Waals surface area contributed by atoms with Crippen LogP contribution in [0.15, 0.2) is 24.3 Å². The Balaban J connectivity index is 1.54. The van der Waals surface area contributed by atoms with Crippen LogP contribution in [0.1, 0.15) is 44.0 Å². The van der Waals surface area contributed by atoms with Crippen LogP contribution in [0.25, 0.3) is 0 Å². The van der Waals surface area contributed by atoms with Gasteiger partial charge >= 0.3 is 12.1 Å². The summed E-state index contributed by atoms with van der Waals surface area (Å²) in [6.07, 6.45) is 1.46. The first-order chi connectivity index (χ1) is 15.6. The van der Waals surface area contributed by atoms with E-state index in [0.717, 1.165) is 12.8 Å². The Hall–Kier alpha value is -2.81. The maximum Gasteiger partial charge on any atom is 0.410 e. The highest BCUT2D eigenvalue weighted by atomic mass is 16.6. The molecule has 2 aliphatic heterocycles. The predicted molar refractivity (Wildman–Crippen MR) is 125 cm³/mol. The lowest BCUT2D eigenvalue weighted by molar-refractivity contribution is 0.0253. The molecule has 0 radical (unpaired) electrons. The van der Waals surface area contributed by atoms with Gasteiger partial charge in [-0.05, 0) is 57.7 Å². The maximum absolute atomic E-state index is 12.9. The number of urea groups is 1. The third-order valence-corrected chi connectivity index (χ3v) is 5.70. The number of rotatable bonds is 4. The molecule has 2 heterocycles. The Bertz CT molecular complexity index is 848. The van der Waals surface area contributed by atoms with E-state index in [1.54, 1.807) is 46.0 Å². The Morgan fingerprint density at radius 2 is 1.88 bits per heavy atom. The molecule has 9 heteroatoms. The Kier molecular flexibility index (Phi) is 8.18. The standard InChI is InChI=1S/C24H36N4O5/c1-24(2,3)33-23(31)26(4)16-18-7-6-10-28(17-18)22(30)25-20-9-5-8-19(15-20)21(29)27-11-13-32-14-12-27/h5,8-9,15,18H,6-7,10-14,16-17H2,1-4H3,(H,25,30). The Labute approximate surface area is 196 Å². The molecule has 1 atom stereocenters. The van der Waals surface area contributed by atoms with Gasteiger partial charge in [0, 0.05) is 51.0 Å². The lowest BCUT2D eigenvalue weighted by Gasteiger charge is -2.35. The minimum Gasteiger partial charge on any atom is -0.444 e. The van der Waals surface area contributed by atoms with Crippen LogP contribution < -0.4 is 5.32 Å². The molecule has 2 aliphatic rings. The fraction of sp³-hybridized carbons (Fsp3) is 0.625. The molecule has 1 unspecified atom stereocenters. The second-order valence-corrected chi connectivity index (χ2v) is 9.73. The minimum atomic E-state index is -0.540. The number of nitrogens with zero attached hydrogens (tertiary/aromatic N) is 3. The van der Waals surface area contributed by atoms with E-state index >= 15 is 0 Å². The van der Waals surface area contributed by atoms with Crippen molar-refractivity contribution in [3.63, 3.8) is 0 Å². The summed E-state index contributed by atoms with van der Waals surface area (Å²) < 4.78 is 10.7. The van der Waals surface area contributed by atoms with Crippen molar-refractivity contribution in [2.45, 2.75) is 39.2 Å². The number of piperidine rings is 1. The lowest BCUT2D eigenvalue weighted by Crippen LogP contribution is -2.46. The van der Waals surface area contributed by atoms with Crippen LogP contribution in [0.3, 0.4) is 0 Å². The SMILES string of the molecule is CN(CC1CCCN(C(=O)Nc2cccc(C(=O)N3CCOCC3)c2)C1)C(=O)OC(C)(C)C. The van der Waals surface area contributed by atoms with Gasteiger partial charge in [-0.25, -0.2) is 9.59 Å². The summed E-state index contributed by atoms with van der Waals surface area (Å²) >= 11 is 0. The molecule has 2 fully saturated rings. The molecule has 0 spiro atoms. The Morgan fingerprint density at radius 1 is 1.15 bits per heavy atom. The monoisotopic (exact) mass is 460 g/mol. The van der Waals surface area contributed by atoms with Crippen molar-refractivity contribution in [1.82, 2.24) is 14.7 Å². The van der Waals surface area contributed by atoms with E-state index in [1.165, 1.54) is 0 Å². The summed E-state index contributed by atoms with van der Waals surface area (Å²) in [7, 11) is 1.73. The fourth-order valence-electron chi connectivity index (χ4n) is 4.08. The maximum atomic E-state index is 12.9. The number of benzene rings is 1. The van der Waals surface area contributed by atoms with Gasteiger partial charge in [0.05, 0.1) is 13.2 Å². The van der Waals surface area contributed by atoms with Gasteiger partial charge in [-0.2, -0.15) is 0 Å². The van der Waals surface area contributed by atoms with E-state index < -0.39 is 5.60 Å². The molecule has 33 heavy (non-hydrogen) atoms. The topological polar surface area (TPSA) is 91.4 Å². The van der Waals surface area contributed by atoms with Crippen LogP contribution in [0.5, 0.6) is 0 Å². The van der Waals surface area contributed by atoms with Crippen LogP contribution in [-0.2, 0) is 9.47 Å². The van der Waals surface area contributed by atoms with E-state index in [9.17, 15) is 14.4 Å². The number of morpholine rings is 1. The van der Waals surface area contributed by atoms with Gasteiger partial charge in [0.25, 0.3) is 5.91 Å². The highest BCUT2D eigenvalue weighted by molar-refractivity contribution is 5.97. The van der Waals surface area contributed by atoms with Gasteiger partial charge in [-0.1, -0.05) is 6.07 Å². The van der Waals surface area contributed by atoms with E-state index in [0.29, 0.717) is 57.2 Å². The van der Waals surface area contributed by atoms with Gasteiger partial charge in [-0.15, -0.1) is 0 Å². The highest BCUT2D eigenvalue weighted by Crippen LogP contribution is 2.20. The number of hydrogen-bond acceptors (Lipinski definition) is 5. The first-order valence-electron chi connectivity index (χ1n) is 11.6. The van der Waals surface area contributed by atoms with Gasteiger partial charge in [0.2, 0.25) is 0 Å². The minimum absolute atomic E-state index is 0.0578. The van der Waals surface area contributed by atoms with Crippen molar-refractivity contribution in [1.29, 1.82) is 0 Å². The third kappa shape index (κ3) is 7.35. The number of amides is 4. The summed E-state index contributed by atoms with van der Waals surface area (Å²) in [4.78, 5) is 43.0. The summed E-state index contributed by atoms with van der Waals surface area (Å²) in [5.74, 6) is 0.119. The average Bonchev–Trinajstić information content (AvgIpc) is 2.78. The number of ether oxygens (including phenoxy) is 2. The molecule has 0 aliphatic carbocycles. The summed E-state index contributed by atoms with van der Waals surface area (Å²) in [6, 6.07) is 6.84. The van der Waals surface area contributed by atoms with Crippen LogP contribution in [0.2, 0.25) is 0 Å². The van der Waals surface area contributed by atoms with Crippen LogP contribution in [0, 0.1) is 5.92 Å². The smallest absolute Gasteiger partial charge is 0.410 e. The molecule has 9 nitrogen and oxygen atoms in total. The van der Waals surface area contributed by atoms with Crippen molar-refractivity contribution >= 4 is 23.7 Å². The molecule has 4 amide bonds. The molecule has 1 aromatic carbocycles. The zero-order valence-corrected chi connectivity index (χ0v) is 20.1. The normalized spacial score (nSPS) is 19.1. The first kappa shape index (κ1) is 24.8. The molecular weight excluding hydrogens is 424 g/mol. The number of likely N-dealkylation sites (tertiary alicyclic amines) is 1. The second-order valence-electron chi connectivity index (χ2n) is 9.73. The van der Waals surface area contributed by atoms with Gasteiger partial charge < -0.3 is 29.5 Å². The van der Waals surface area contributed by atoms with Crippen LogP contribution in [0.4, 0.5) is 15.3 Å². The summed E-state index contributed by atoms with van der Waals surface area (Å²) in [5, 5.41) is 2.92. The number of nitrogens with one attached hydrogen (secondary N) is 1. The largest absolute Gasteiger partial charge is 0.444 e. The molecular formula is C24H36N4O5. The van der Waals surface area contributed by atoms with Crippen LogP contribution in [-0.4, -0.2) is 91.3 Å². The molecule has 0 bridgehead atoms. The van der Waals surface area contributed by atoms with Crippen molar-refractivity contribution in [2.75, 3.05) is 58.3 Å². The van der Waals surface area contributed by atoms with Crippen molar-refractivity contribution in [3.8, 4) is 0 Å². The molecule has 2 saturated heterocycles. The second kappa shape index (κ2) is 10.9. The Morgan fingerprint density at radius 3 is 2.58 bits per heavy atom. The van der Waals surface area contributed by atoms with Gasteiger partial charge in [0.1, 0.15) is 5.60 Å². The van der Waals surface area contributed by atoms with E-state index in [-0.39, 0.29) is 23.9 Å². The van der Waals surface area contributed by atoms with Crippen LogP contribution >= 0.6 is 0 Å². The number of anilines is 1. The van der Waals surface area contributed by atoms with E-state index in [4.69, 9.17) is 9.47 Å². The molecule has 1 aromatic rings. The zero-order chi connectivity index (χ0) is 24.0. The van der Waals surface area contributed by atoms with Crippen molar-refractivity contribution in [2.24, 2.45) is 5.92 Å². The fourth-order valence-corrected chi connectivity index (χ4v) is 4.08. The van der Waals surface area contributed by atoms with E-state index in [1.807, 2.05) is 20.8 Å². The molecule has 182 valence electrons. The first-order valence-corrected chi connectivity index (χ1v) is 11.6. The highest BCUT2D eigenvalue weighted by Gasteiger charge is 2.27. The van der Waals surface area contributed by atoms with Crippen molar-refractivity contribution in [3.05, 3.63) is 29.8 Å². The summed E-state index contributed by atoms with van der Waals surface area (Å²) in [6.45, 7) is 9.50. The van der Waals surface area contributed by atoms with Gasteiger partial charge in [-0.3, -0.25) is 4.79 Å². The van der Waals surface area contributed by atoms with Crippen molar-refractivity contribution < 1.29 is 23.9 Å². The number of hydrogen-bond donors (Lipinski definition) is 1. The quantitative estimate of drug-likeness (QED) is 0.745. The zero-order valence-electron chi connectivity index (χ0n) is 20.1. The molecule has 0 saturated carbocycles. The predicted octanol–water partition coefficient (Wildman–Crippen LogP) is 3.27. The lowest BCUT2D eigenvalue weighted by atomic mass is 9.98. The average molecular weight is 461 g/mol. The summed E-state index contributed by atoms with van der Waals surface area (Å²) in [5.41, 5.74) is 0.596. The number of carbonyl (C=O) groups is 3. The van der Waals surface area contributed by atoms with E-state index in [2.05, 4.69) is 5.32 Å². The number of carbonyl (C=O) groups excluding carboxylic acids is 3. The third-order valence-electron chi connectivity index (χ3n) is 5.70.